The van der Waals surface area contributed by atoms with Gasteiger partial charge in [0.1, 0.15) is 11.0 Å². The molecular formula is C27H30N6O. The zero-order valence-corrected chi connectivity index (χ0v) is 19.9. The first-order chi connectivity index (χ1) is 16.6. The molecule has 34 heavy (non-hydrogen) atoms. The lowest BCUT2D eigenvalue weighted by molar-refractivity contribution is 0.122. The van der Waals surface area contributed by atoms with Crippen molar-refractivity contribution < 1.29 is 4.74 Å². The van der Waals surface area contributed by atoms with Crippen LogP contribution in [0.3, 0.4) is 0 Å². The van der Waals surface area contributed by atoms with Gasteiger partial charge in [0, 0.05) is 30.9 Å². The fourth-order valence-corrected chi connectivity index (χ4v) is 4.28. The number of aromatic nitrogens is 3. The summed E-state index contributed by atoms with van der Waals surface area (Å²) in [6.45, 7) is 9.30. The summed E-state index contributed by atoms with van der Waals surface area (Å²) < 4.78 is 7.78. The average molecular weight is 455 g/mol. The molecule has 1 aliphatic heterocycles. The van der Waals surface area contributed by atoms with E-state index in [2.05, 4.69) is 83.4 Å². The van der Waals surface area contributed by atoms with Gasteiger partial charge in [0.2, 0.25) is 5.95 Å². The maximum Gasteiger partial charge on any atom is 0.228 e. The van der Waals surface area contributed by atoms with Gasteiger partial charge in [-0.15, -0.1) is 0 Å². The van der Waals surface area contributed by atoms with Gasteiger partial charge in [0.25, 0.3) is 0 Å². The molecule has 0 atom stereocenters. The molecular weight excluding hydrogens is 424 g/mol. The third-order valence-corrected chi connectivity index (χ3v) is 6.01. The van der Waals surface area contributed by atoms with Crippen LogP contribution in [0.1, 0.15) is 31.0 Å². The van der Waals surface area contributed by atoms with Crippen LogP contribution >= 0.6 is 0 Å². The molecule has 0 bridgehead atoms. The molecule has 0 aliphatic carbocycles. The Labute approximate surface area is 200 Å². The van der Waals surface area contributed by atoms with Crippen molar-refractivity contribution in [1.82, 2.24) is 14.5 Å². The van der Waals surface area contributed by atoms with Crippen molar-refractivity contribution in [2.75, 3.05) is 36.6 Å². The summed E-state index contributed by atoms with van der Waals surface area (Å²) in [4.78, 5) is 12.2. The topological polar surface area (TPSA) is 67.6 Å². The van der Waals surface area contributed by atoms with Crippen molar-refractivity contribution in [3.05, 3.63) is 71.9 Å². The number of fused-ring (bicyclic) bond motifs is 1. The molecule has 0 saturated carbocycles. The predicted molar refractivity (Wildman–Crippen MR) is 139 cm³/mol. The summed E-state index contributed by atoms with van der Waals surface area (Å²) in [6, 6.07) is 18.9. The molecule has 3 heterocycles. The van der Waals surface area contributed by atoms with E-state index in [-0.39, 0.29) is 6.04 Å². The van der Waals surface area contributed by atoms with Crippen molar-refractivity contribution >= 4 is 29.0 Å². The normalized spacial score (nSPS) is 14.4. The molecule has 174 valence electrons. The number of morpholine rings is 1. The Morgan fingerprint density at radius 1 is 1.03 bits per heavy atom. The highest BCUT2D eigenvalue weighted by atomic mass is 16.5. The number of ether oxygens (including phenoxy) is 1. The van der Waals surface area contributed by atoms with Crippen molar-refractivity contribution in [3.8, 4) is 11.1 Å². The Hall–Kier alpha value is -3.71. The zero-order chi connectivity index (χ0) is 23.5. The molecule has 7 nitrogen and oxygen atoms in total. The third-order valence-electron chi connectivity index (χ3n) is 6.01. The second kappa shape index (κ2) is 9.65. The number of nitrogens with zero attached hydrogens (tertiary/aromatic N) is 5. The van der Waals surface area contributed by atoms with Gasteiger partial charge >= 0.3 is 0 Å². The fraction of sp³-hybridized carbons (Fsp3) is 0.296. The van der Waals surface area contributed by atoms with E-state index < -0.39 is 0 Å². The van der Waals surface area contributed by atoms with Gasteiger partial charge in [-0.05, 0) is 31.9 Å². The first kappa shape index (κ1) is 22.1. The maximum absolute atomic E-state index is 5.55. The Morgan fingerprint density at radius 3 is 2.56 bits per heavy atom. The number of hydrogen-bond acceptors (Lipinski definition) is 6. The molecule has 0 amide bonds. The fourth-order valence-electron chi connectivity index (χ4n) is 4.28. The number of hydrazone groups is 1. The van der Waals surface area contributed by atoms with Crippen LogP contribution in [0.25, 0.3) is 22.2 Å². The van der Waals surface area contributed by atoms with Crippen molar-refractivity contribution in [2.45, 2.75) is 26.8 Å². The van der Waals surface area contributed by atoms with Crippen molar-refractivity contribution in [2.24, 2.45) is 5.10 Å². The number of hydrogen-bond donors (Lipinski definition) is 1. The van der Waals surface area contributed by atoms with Gasteiger partial charge in [-0.25, -0.2) is 4.98 Å². The minimum atomic E-state index is 0.235. The maximum atomic E-state index is 5.55. The molecule has 5 rings (SSSR count). The first-order valence-corrected chi connectivity index (χ1v) is 11.8. The van der Waals surface area contributed by atoms with Crippen LogP contribution in [-0.2, 0) is 4.74 Å². The van der Waals surface area contributed by atoms with Gasteiger partial charge in [0.15, 0.2) is 5.82 Å². The highest BCUT2D eigenvalue weighted by Crippen LogP contribution is 2.36. The van der Waals surface area contributed by atoms with E-state index in [9.17, 15) is 0 Å². The second-order valence-electron chi connectivity index (χ2n) is 8.86. The number of aryl methyl sites for hydroxylation is 1. The quantitative estimate of drug-likeness (QED) is 0.318. The summed E-state index contributed by atoms with van der Waals surface area (Å²) in [5, 5.41) is 4.55. The first-order valence-electron chi connectivity index (χ1n) is 11.8. The Bertz CT molecular complexity index is 1310. The monoisotopic (exact) mass is 454 g/mol. The number of nitrogens with one attached hydrogen (secondary N) is 1. The van der Waals surface area contributed by atoms with Crippen LogP contribution in [0.5, 0.6) is 0 Å². The van der Waals surface area contributed by atoms with Crippen LogP contribution in [0.4, 0.5) is 11.8 Å². The van der Waals surface area contributed by atoms with Crippen LogP contribution in [0, 0.1) is 6.92 Å². The highest BCUT2D eigenvalue weighted by Gasteiger charge is 2.22. The number of rotatable bonds is 6. The molecule has 1 aliphatic rings. The third kappa shape index (κ3) is 4.52. The van der Waals surface area contributed by atoms with Gasteiger partial charge in [-0.1, -0.05) is 60.2 Å². The molecule has 7 heteroatoms. The van der Waals surface area contributed by atoms with Crippen LogP contribution in [-0.4, -0.2) is 47.1 Å². The van der Waals surface area contributed by atoms with E-state index in [4.69, 9.17) is 14.7 Å². The lowest BCUT2D eigenvalue weighted by Gasteiger charge is -2.27. The molecule has 1 fully saturated rings. The van der Waals surface area contributed by atoms with Crippen LogP contribution < -0.4 is 10.3 Å². The van der Waals surface area contributed by atoms with Crippen LogP contribution in [0.15, 0.2) is 65.9 Å². The Balaban J connectivity index is 1.64. The standard InChI is InChI=1S/C27H30N6O/c1-19(2)33-18-23(22-10-5-4-6-11-22)24-25(33)26(30-27(29-24)32-12-14-34-15-13-32)31-28-17-21-9-7-8-20(3)16-21/h4-11,16-19H,12-15H2,1-3H3,(H,29,30,31)/b28-17+. The highest BCUT2D eigenvalue weighted by molar-refractivity contribution is 5.99. The summed E-state index contributed by atoms with van der Waals surface area (Å²) >= 11 is 0. The van der Waals surface area contributed by atoms with Gasteiger partial charge in [0.05, 0.1) is 19.4 Å². The van der Waals surface area contributed by atoms with Crippen molar-refractivity contribution in [1.29, 1.82) is 0 Å². The van der Waals surface area contributed by atoms with E-state index in [1.54, 1.807) is 0 Å². The largest absolute Gasteiger partial charge is 0.378 e. The van der Waals surface area contributed by atoms with E-state index in [0.717, 1.165) is 40.8 Å². The van der Waals surface area contributed by atoms with Gasteiger partial charge in [-0.2, -0.15) is 10.1 Å². The molecule has 2 aromatic heterocycles. The lowest BCUT2D eigenvalue weighted by atomic mass is 10.1. The lowest BCUT2D eigenvalue weighted by Crippen LogP contribution is -2.37. The van der Waals surface area contributed by atoms with E-state index in [1.807, 2.05) is 24.4 Å². The molecule has 1 saturated heterocycles. The molecule has 0 radical (unpaired) electrons. The molecule has 2 aromatic carbocycles. The summed E-state index contributed by atoms with van der Waals surface area (Å²) in [7, 11) is 0. The molecule has 0 spiro atoms. The number of benzene rings is 2. The van der Waals surface area contributed by atoms with E-state index in [0.29, 0.717) is 25.0 Å². The summed E-state index contributed by atoms with van der Waals surface area (Å²) in [6.07, 6.45) is 4.01. The molecule has 0 unspecified atom stereocenters. The van der Waals surface area contributed by atoms with E-state index in [1.165, 1.54) is 5.56 Å². The zero-order valence-electron chi connectivity index (χ0n) is 19.9. The van der Waals surface area contributed by atoms with Crippen LogP contribution in [0.2, 0.25) is 0 Å². The van der Waals surface area contributed by atoms with Crippen molar-refractivity contribution in [3.63, 3.8) is 0 Å². The minimum absolute atomic E-state index is 0.235. The second-order valence-corrected chi connectivity index (χ2v) is 8.86. The van der Waals surface area contributed by atoms with Gasteiger partial charge in [-0.3, -0.25) is 5.43 Å². The Kier molecular flexibility index (Phi) is 6.27. The smallest absolute Gasteiger partial charge is 0.228 e. The summed E-state index contributed by atoms with van der Waals surface area (Å²) in [5.74, 6) is 1.40. The average Bonchev–Trinajstić information content (AvgIpc) is 3.25. The molecule has 4 aromatic rings. The number of anilines is 2. The predicted octanol–water partition coefficient (Wildman–Crippen LogP) is 5.27. The summed E-state index contributed by atoms with van der Waals surface area (Å²) in [5.41, 5.74) is 9.56. The Morgan fingerprint density at radius 2 is 1.82 bits per heavy atom. The van der Waals surface area contributed by atoms with Gasteiger partial charge < -0.3 is 14.2 Å². The minimum Gasteiger partial charge on any atom is -0.378 e. The SMILES string of the molecule is Cc1cccc(/C=N/Nc2nc(N3CCOCC3)nc3c(-c4ccccc4)cn(C(C)C)c23)c1. The van der Waals surface area contributed by atoms with E-state index >= 15 is 0 Å². The molecule has 1 N–H and O–H groups in total.